The highest BCUT2D eigenvalue weighted by atomic mass is 79.9. The molecule has 0 unspecified atom stereocenters. The Balaban J connectivity index is 4.52. The van der Waals surface area contributed by atoms with Gasteiger partial charge >= 0.3 is 11.9 Å². The molecule has 0 rings (SSSR count). The molecule has 0 aliphatic rings. The molecule has 326 valence electrons. The molecule has 0 aromatic carbocycles. The summed E-state index contributed by atoms with van der Waals surface area (Å²) in [6.07, 6.45) is -1.06. The highest BCUT2D eigenvalue weighted by molar-refractivity contribution is 9.09. The molecule has 0 aromatic heterocycles. The zero-order valence-electron chi connectivity index (χ0n) is 31.3. The molecule has 0 saturated heterocycles. The first kappa shape index (κ1) is 53.3. The van der Waals surface area contributed by atoms with Crippen molar-refractivity contribution in [1.29, 1.82) is 0 Å². The molecule has 8 N–H and O–H groups in total. The van der Waals surface area contributed by atoms with E-state index in [0.717, 1.165) is 0 Å². The van der Waals surface area contributed by atoms with Crippen LogP contribution in [0.3, 0.4) is 0 Å². The monoisotopic (exact) mass is 967 g/mol. The van der Waals surface area contributed by atoms with Gasteiger partial charge in [0.25, 0.3) is 0 Å². The number of rotatable bonds is 35. The summed E-state index contributed by atoms with van der Waals surface area (Å²) >= 11 is 11.4. The maximum absolute atomic E-state index is 13.4. The van der Waals surface area contributed by atoms with Crippen LogP contribution < -0.4 is 31.9 Å². The maximum atomic E-state index is 13.4. The number of carboxylic acid groups (broad SMARTS) is 2. The van der Waals surface area contributed by atoms with Crippen LogP contribution in [0.1, 0.15) is 25.7 Å². The van der Waals surface area contributed by atoms with Gasteiger partial charge < -0.3 is 66.0 Å². The standard InChI is InChI=1S/C32H52Br2ClN7O15/c33-17-25(44)36-5-9-42(10-6-37-26(45)18-34)31(51)22(2-4-30(49)50)40-28(47)20-56-15-13-54-11-7-38-24(43)3-1-23(32(52)53)41-29(48)21-57-16-14-55-12-8-39-27(46)19-35/h22-23H,1-21H2,(H,36,44)(H,37,45)(H,38,43)(H,39,46)(H,40,47)(H,41,48)(H,49,50)(H,52,53)/t22-,23-/m0/s1. The number of hydrogen-bond donors (Lipinski definition) is 8. The van der Waals surface area contributed by atoms with Crippen LogP contribution in [0.2, 0.25) is 0 Å². The van der Waals surface area contributed by atoms with Crippen LogP contribution >= 0.6 is 43.5 Å². The number of halogens is 3. The number of alkyl halides is 3. The van der Waals surface area contributed by atoms with E-state index in [1.165, 1.54) is 4.90 Å². The first-order valence-corrected chi connectivity index (χ1v) is 20.4. The highest BCUT2D eigenvalue weighted by Crippen LogP contribution is 2.05. The first-order valence-electron chi connectivity index (χ1n) is 17.6. The topological polar surface area (TPSA) is 306 Å². The molecule has 0 spiro atoms. The van der Waals surface area contributed by atoms with E-state index in [9.17, 15) is 53.4 Å². The Morgan fingerprint density at radius 2 is 0.982 bits per heavy atom. The van der Waals surface area contributed by atoms with Crippen LogP contribution in [0.5, 0.6) is 0 Å². The third-order valence-corrected chi connectivity index (χ3v) is 8.27. The highest BCUT2D eigenvalue weighted by Gasteiger charge is 2.27. The molecule has 0 bridgehead atoms. The fourth-order valence-corrected chi connectivity index (χ4v) is 4.76. The molecule has 0 aliphatic carbocycles. The number of nitrogens with one attached hydrogen (secondary N) is 6. The van der Waals surface area contributed by atoms with Crippen molar-refractivity contribution in [3.63, 3.8) is 0 Å². The van der Waals surface area contributed by atoms with E-state index in [1.54, 1.807) is 0 Å². The van der Waals surface area contributed by atoms with Gasteiger partial charge in [-0.2, -0.15) is 0 Å². The molecule has 0 saturated carbocycles. The first-order chi connectivity index (χ1) is 27.2. The van der Waals surface area contributed by atoms with E-state index in [1.807, 2.05) is 0 Å². The second-order valence-corrected chi connectivity index (χ2v) is 12.9. The number of ether oxygens (including phenoxy) is 4. The van der Waals surface area contributed by atoms with Crippen molar-refractivity contribution in [2.24, 2.45) is 0 Å². The second-order valence-electron chi connectivity index (χ2n) is 11.5. The average molecular weight is 970 g/mol. The number of hydrogen-bond acceptors (Lipinski definition) is 13. The average Bonchev–Trinajstić information content (AvgIpc) is 3.18. The van der Waals surface area contributed by atoms with Crippen LogP contribution in [0, 0.1) is 0 Å². The largest absolute Gasteiger partial charge is 0.481 e. The summed E-state index contributed by atoms with van der Waals surface area (Å²) in [5.41, 5.74) is 0. The van der Waals surface area contributed by atoms with E-state index in [2.05, 4.69) is 63.8 Å². The van der Waals surface area contributed by atoms with Crippen LogP contribution in [0.4, 0.5) is 0 Å². The van der Waals surface area contributed by atoms with Gasteiger partial charge in [-0.15, -0.1) is 11.6 Å². The summed E-state index contributed by atoms with van der Waals surface area (Å²) in [4.78, 5) is 109. The molecule has 7 amide bonds. The Morgan fingerprint density at radius 3 is 1.44 bits per heavy atom. The van der Waals surface area contributed by atoms with Gasteiger partial charge in [0, 0.05) is 52.1 Å². The van der Waals surface area contributed by atoms with Crippen LogP contribution in [-0.2, 0) is 62.1 Å². The number of amides is 7. The molecule has 57 heavy (non-hydrogen) atoms. The molecule has 2 atom stereocenters. The van der Waals surface area contributed by atoms with Gasteiger partial charge in [0.2, 0.25) is 41.4 Å². The Bertz CT molecular complexity index is 1270. The minimum atomic E-state index is -1.33. The van der Waals surface area contributed by atoms with E-state index < -0.39 is 67.3 Å². The van der Waals surface area contributed by atoms with Crippen molar-refractivity contribution in [2.45, 2.75) is 37.8 Å². The maximum Gasteiger partial charge on any atom is 0.326 e. The molecular formula is C32H52Br2ClN7O15. The van der Waals surface area contributed by atoms with Gasteiger partial charge in [0.1, 0.15) is 31.2 Å². The lowest BCUT2D eigenvalue weighted by Crippen LogP contribution is -2.52. The predicted molar refractivity (Wildman–Crippen MR) is 208 cm³/mol. The zero-order chi connectivity index (χ0) is 42.8. The van der Waals surface area contributed by atoms with Crippen LogP contribution in [0.25, 0.3) is 0 Å². The third-order valence-electron chi connectivity index (χ3n) is 7.00. The van der Waals surface area contributed by atoms with Gasteiger partial charge in [0.05, 0.1) is 50.3 Å². The van der Waals surface area contributed by atoms with Crippen molar-refractivity contribution >= 4 is 96.7 Å². The Hall–Kier alpha value is -3.68. The summed E-state index contributed by atoms with van der Waals surface area (Å²) in [6, 6.07) is -2.57. The van der Waals surface area contributed by atoms with Crippen molar-refractivity contribution in [3.8, 4) is 0 Å². The number of carboxylic acids is 2. The Kier molecular flexibility index (Phi) is 32.1. The molecule has 0 radical (unpaired) electrons. The zero-order valence-corrected chi connectivity index (χ0v) is 35.2. The second kappa shape index (κ2) is 34.4. The van der Waals surface area contributed by atoms with E-state index in [-0.39, 0.29) is 132 Å². The Morgan fingerprint density at radius 1 is 0.544 bits per heavy atom. The SMILES string of the molecule is O=C(O)CC[C@H](NC(=O)COCCOCCNC(=O)CC[C@H](NC(=O)COCCOCCNC(=O)CCl)C(=O)O)C(=O)N(CCNC(=O)CBr)CCNC(=O)CBr. The lowest BCUT2D eigenvalue weighted by molar-refractivity contribution is -0.143. The molecule has 0 fully saturated rings. The fraction of sp³-hybridized carbons (Fsp3) is 0.719. The van der Waals surface area contributed by atoms with Gasteiger partial charge in [-0.3, -0.25) is 38.4 Å². The molecule has 0 heterocycles. The lowest BCUT2D eigenvalue weighted by atomic mass is 10.1. The number of nitrogens with zero attached hydrogens (tertiary/aromatic N) is 1. The number of aliphatic carboxylic acids is 2. The van der Waals surface area contributed by atoms with Crippen LogP contribution in [0.15, 0.2) is 0 Å². The summed E-state index contributed by atoms with van der Waals surface area (Å²) in [5.74, 6) is -6.17. The number of carbonyl (C=O) groups is 9. The molecule has 25 heteroatoms. The molecule has 0 aliphatic heterocycles. The molecule has 0 aromatic rings. The van der Waals surface area contributed by atoms with Crippen molar-refractivity contribution in [2.75, 3.05) is 109 Å². The van der Waals surface area contributed by atoms with E-state index in [0.29, 0.717) is 0 Å². The smallest absolute Gasteiger partial charge is 0.326 e. The van der Waals surface area contributed by atoms with Crippen molar-refractivity contribution in [3.05, 3.63) is 0 Å². The minimum absolute atomic E-state index is 0.0205. The van der Waals surface area contributed by atoms with Crippen molar-refractivity contribution < 1.29 is 72.3 Å². The quantitative estimate of drug-likeness (QED) is 0.0233. The molecular weight excluding hydrogens is 918 g/mol. The fourth-order valence-electron chi connectivity index (χ4n) is 4.27. The summed E-state index contributed by atoms with van der Waals surface area (Å²) in [7, 11) is 0. The van der Waals surface area contributed by atoms with Gasteiger partial charge in [-0.25, -0.2) is 4.79 Å². The summed E-state index contributed by atoms with van der Waals surface area (Å²) < 4.78 is 21.0. The number of carbonyl (C=O) groups excluding carboxylic acids is 7. The molecule has 22 nitrogen and oxygen atoms in total. The third kappa shape index (κ3) is 30.1. The predicted octanol–water partition coefficient (Wildman–Crippen LogP) is -2.93. The van der Waals surface area contributed by atoms with Crippen molar-refractivity contribution in [1.82, 2.24) is 36.8 Å². The van der Waals surface area contributed by atoms with E-state index >= 15 is 0 Å². The van der Waals surface area contributed by atoms with Crippen LogP contribution in [-0.4, -0.2) is 189 Å². The van der Waals surface area contributed by atoms with Gasteiger partial charge in [-0.05, 0) is 12.8 Å². The normalized spacial score (nSPS) is 11.7. The summed E-state index contributed by atoms with van der Waals surface area (Å²) in [5, 5.41) is 33.7. The minimum Gasteiger partial charge on any atom is -0.481 e. The lowest BCUT2D eigenvalue weighted by Gasteiger charge is -2.28. The Labute approximate surface area is 351 Å². The van der Waals surface area contributed by atoms with Gasteiger partial charge in [-0.1, -0.05) is 31.9 Å². The van der Waals surface area contributed by atoms with Gasteiger partial charge in [0.15, 0.2) is 0 Å². The van der Waals surface area contributed by atoms with E-state index in [4.69, 9.17) is 30.5 Å². The summed E-state index contributed by atoms with van der Waals surface area (Å²) in [6.45, 7) is 0.000976.